The van der Waals surface area contributed by atoms with Crippen molar-refractivity contribution >= 4 is 0 Å². The van der Waals surface area contributed by atoms with Crippen molar-refractivity contribution in [2.45, 2.75) is 113 Å². The van der Waals surface area contributed by atoms with Crippen molar-refractivity contribution in [3.8, 4) is 0 Å². The van der Waals surface area contributed by atoms with Gasteiger partial charge in [-0.3, -0.25) is 0 Å². The average Bonchev–Trinajstić information content (AvgIpc) is 3.01. The number of halogens is 41. The first-order chi connectivity index (χ1) is 25.4. The molecule has 0 aliphatic carbocycles. The van der Waals surface area contributed by atoms with Crippen molar-refractivity contribution in [1.29, 1.82) is 0 Å². The van der Waals surface area contributed by atoms with Crippen molar-refractivity contribution in [2.24, 2.45) is 0 Å². The minimum absolute atomic E-state index is 6.21. The zero-order chi connectivity index (χ0) is 51.1. The van der Waals surface area contributed by atoms with Crippen LogP contribution in [0, 0.1) is 0 Å². The zero-order valence-corrected chi connectivity index (χ0v) is 25.4. The van der Waals surface area contributed by atoms with E-state index in [1.54, 1.807) is 0 Å². The first kappa shape index (κ1) is 58.1. The van der Waals surface area contributed by atoms with E-state index in [1.807, 2.05) is 0 Å². The van der Waals surface area contributed by atoms with Gasteiger partial charge in [0.25, 0.3) is 0 Å². The molecule has 0 aromatic carbocycles. The molecule has 0 radical (unpaired) electrons. The predicted octanol–water partition coefficient (Wildman–Crippen LogP) is 13.0. The second-order valence-electron chi connectivity index (χ2n) is 11.0. The lowest BCUT2D eigenvalue weighted by atomic mass is 9.86. The molecule has 0 N–H and O–H groups in total. The maximum atomic E-state index is 13.8. The van der Waals surface area contributed by atoms with Gasteiger partial charge in [0.1, 0.15) is 0 Å². The van der Waals surface area contributed by atoms with Gasteiger partial charge in [0, 0.05) is 0 Å². The highest BCUT2D eigenvalue weighted by Crippen LogP contribution is 2.69. The first-order valence-corrected chi connectivity index (χ1v) is 12.4. The Balaban J connectivity index is 7.79. The van der Waals surface area contributed by atoms with E-state index >= 15 is 0 Å². The Bertz CT molecular complexity index is 1580. The van der Waals surface area contributed by atoms with E-state index < -0.39 is 118 Å². The molecule has 0 unspecified atom stereocenters. The van der Waals surface area contributed by atoms with Crippen LogP contribution < -0.4 is 0 Å². The molecule has 0 aromatic heterocycles. The summed E-state index contributed by atoms with van der Waals surface area (Å²) in [6, 6.07) is -20.1. The molecule has 0 aliphatic heterocycles. The summed E-state index contributed by atoms with van der Waals surface area (Å²) in [5.41, 5.74) is 0. The van der Waals surface area contributed by atoms with Gasteiger partial charge in [-0.1, -0.05) is 0 Å². The molecule has 1 nitrogen and oxygen atoms in total. The summed E-state index contributed by atoms with van der Waals surface area (Å²) >= 11 is 0. The van der Waals surface area contributed by atoms with Crippen LogP contribution >= 0.6 is 0 Å². The van der Waals surface area contributed by atoms with Crippen molar-refractivity contribution in [3.05, 3.63) is 0 Å². The lowest BCUT2D eigenvalue weighted by molar-refractivity contribution is -0.514. The topological polar surface area (TPSA) is 3.24 Å². The van der Waals surface area contributed by atoms with E-state index in [4.69, 9.17) is 0 Å². The van der Waals surface area contributed by atoms with Gasteiger partial charge in [-0.2, -0.15) is 176 Å². The standard InChI is InChI=1S/C19F41N/c20-1(21,2(22,23)4(26,27)8(34,35)12(42,43)16(50,51)52)3(24,25)6(30,31)10(38,39)14(46,47)18(56,57)61(60)19(58,59)15(48,49)11(40,41)7(32,33)5(28,29)9(36,37)13(44,45)17(53,54)55. The van der Waals surface area contributed by atoms with E-state index in [0.29, 0.717) is 0 Å². The van der Waals surface area contributed by atoms with Crippen LogP contribution in [0.1, 0.15) is 0 Å². The largest absolute Gasteiger partial charge is 0.460 e. The summed E-state index contributed by atoms with van der Waals surface area (Å²) in [7, 11) is 0. The van der Waals surface area contributed by atoms with E-state index in [0.717, 1.165) is 0 Å². The molecule has 0 rings (SSSR count). The van der Waals surface area contributed by atoms with Crippen molar-refractivity contribution in [1.82, 2.24) is 5.12 Å². The summed E-state index contributed by atoms with van der Waals surface area (Å²) in [6.45, 7) is 0. The highest BCUT2D eigenvalue weighted by molar-refractivity contribution is 5.20. The molecule has 368 valence electrons. The van der Waals surface area contributed by atoms with Crippen LogP contribution in [0.15, 0.2) is 0 Å². The molecule has 0 amide bonds. The lowest BCUT2D eigenvalue weighted by Crippen LogP contribution is -2.79. The maximum absolute atomic E-state index is 13.8. The van der Waals surface area contributed by atoms with Gasteiger partial charge in [-0.25, -0.2) is 0 Å². The van der Waals surface area contributed by atoms with Crippen LogP contribution in [0.2, 0.25) is 0 Å². The normalized spacial score (nSPS) is 17.4. The van der Waals surface area contributed by atoms with Gasteiger partial charge in [0.15, 0.2) is 0 Å². The molecule has 0 saturated heterocycles. The molecule has 0 spiro atoms. The van der Waals surface area contributed by atoms with Gasteiger partial charge >= 0.3 is 113 Å². The molecule has 0 fully saturated rings. The molecule has 0 heterocycles. The summed E-state index contributed by atoms with van der Waals surface area (Å²) in [5, 5.41) is -6.21. The second kappa shape index (κ2) is 13.8. The first-order valence-electron chi connectivity index (χ1n) is 12.4. The number of rotatable bonds is 17. The smallest absolute Gasteiger partial charge is 0.192 e. The fraction of sp³-hybridized carbons (Fsp3) is 1.00. The van der Waals surface area contributed by atoms with Crippen LogP contribution in [0.25, 0.3) is 0 Å². The molecule has 0 aromatic rings. The van der Waals surface area contributed by atoms with Crippen LogP contribution in [0.3, 0.4) is 0 Å². The van der Waals surface area contributed by atoms with Crippen LogP contribution in [0.5, 0.6) is 0 Å². The maximum Gasteiger partial charge on any atom is 0.460 e. The predicted molar refractivity (Wildman–Crippen MR) is 99.2 cm³/mol. The van der Waals surface area contributed by atoms with Crippen LogP contribution in [-0.2, 0) is 0 Å². The SMILES string of the molecule is FN(C(F)(F)C(F)(F)C(F)(F)C(F)(F)C(F)(F)C(F)(F)C(F)(F)C(F)(F)F)C(F)(F)C(F)(F)C(F)(F)C(F)(F)C(F)(F)C(F)(F)C(F)(F)C(F)(F)C(F)(F)C(F)(F)C(F)(F)F. The number of nitrogens with zero attached hydrogens (tertiary/aromatic N) is 1. The fourth-order valence-electron chi connectivity index (χ4n) is 3.33. The average molecular weight is 1020 g/mol. The summed E-state index contributed by atoms with van der Waals surface area (Å²) < 4.78 is 546. The van der Waals surface area contributed by atoms with Crippen molar-refractivity contribution in [2.75, 3.05) is 0 Å². The van der Waals surface area contributed by atoms with Crippen molar-refractivity contribution < 1.29 is 180 Å². The fourth-order valence-corrected chi connectivity index (χ4v) is 3.33. The molecule has 42 heteroatoms. The van der Waals surface area contributed by atoms with Gasteiger partial charge in [0.2, 0.25) is 0 Å². The van der Waals surface area contributed by atoms with E-state index in [1.165, 1.54) is 0 Å². The van der Waals surface area contributed by atoms with E-state index in [-0.39, 0.29) is 0 Å². The third-order valence-corrected chi connectivity index (χ3v) is 7.09. The molecule has 0 aliphatic rings. The number of hydrogen-bond donors (Lipinski definition) is 0. The van der Waals surface area contributed by atoms with Gasteiger partial charge in [0.05, 0.1) is 0 Å². The second-order valence-corrected chi connectivity index (χ2v) is 11.0. The highest BCUT2D eigenvalue weighted by atomic mass is 19.5. The van der Waals surface area contributed by atoms with Crippen LogP contribution in [0.4, 0.5) is 180 Å². The van der Waals surface area contributed by atoms with Gasteiger partial charge in [-0.05, 0) is 5.12 Å². The van der Waals surface area contributed by atoms with Gasteiger partial charge in [-0.15, -0.1) is 4.48 Å². The number of alkyl halides is 40. The molecular weight excluding hydrogens is 1020 g/mol. The molecule has 0 bridgehead atoms. The molecule has 0 atom stereocenters. The molecular formula is C19F41N. The van der Waals surface area contributed by atoms with Gasteiger partial charge < -0.3 is 0 Å². The van der Waals surface area contributed by atoms with Crippen molar-refractivity contribution in [3.63, 3.8) is 0 Å². The third-order valence-electron chi connectivity index (χ3n) is 7.09. The van der Waals surface area contributed by atoms with E-state index in [2.05, 4.69) is 0 Å². The Kier molecular flexibility index (Phi) is 13.1. The Labute approximate surface area is 300 Å². The Morgan fingerprint density at radius 2 is 0.246 bits per heavy atom. The summed E-state index contributed by atoms with van der Waals surface area (Å²) in [5.74, 6) is -149. The quantitative estimate of drug-likeness (QED) is 0.0797. The Morgan fingerprint density at radius 3 is 0.361 bits per heavy atom. The minimum atomic E-state index is -10.4. The summed E-state index contributed by atoms with van der Waals surface area (Å²) in [4.78, 5) is 0. The highest BCUT2D eigenvalue weighted by Gasteiger charge is 3.01. The zero-order valence-electron chi connectivity index (χ0n) is 25.4. The summed E-state index contributed by atoms with van der Waals surface area (Å²) in [6.07, 6.45) is -17.0. The van der Waals surface area contributed by atoms with Crippen LogP contribution in [-0.4, -0.2) is 118 Å². The molecule has 61 heavy (non-hydrogen) atoms. The minimum Gasteiger partial charge on any atom is -0.192 e. The van der Waals surface area contributed by atoms with E-state index in [9.17, 15) is 180 Å². The lowest BCUT2D eigenvalue weighted by Gasteiger charge is -2.46. The number of hydrogen-bond acceptors (Lipinski definition) is 1. The monoisotopic (exact) mass is 1020 g/mol. The Hall–Kier alpha value is -2.91. The molecule has 0 saturated carbocycles. The Morgan fingerprint density at radius 1 is 0.148 bits per heavy atom. The third kappa shape index (κ3) is 6.59.